The highest BCUT2D eigenvalue weighted by Gasteiger charge is 2.56. The van der Waals surface area contributed by atoms with Gasteiger partial charge in [-0.25, -0.2) is 12.7 Å². The van der Waals surface area contributed by atoms with Gasteiger partial charge in [-0.3, -0.25) is 14.8 Å². The Morgan fingerprint density at radius 2 is 2.26 bits per heavy atom. The fourth-order valence-corrected chi connectivity index (χ4v) is 4.22. The van der Waals surface area contributed by atoms with E-state index in [9.17, 15) is 13.2 Å². The minimum absolute atomic E-state index is 0.00123. The summed E-state index contributed by atoms with van der Waals surface area (Å²) in [6.07, 6.45) is 4.48. The zero-order chi connectivity index (χ0) is 16.7. The molecule has 0 radical (unpaired) electrons. The van der Waals surface area contributed by atoms with E-state index < -0.39 is 15.4 Å². The summed E-state index contributed by atoms with van der Waals surface area (Å²) in [5.74, 6) is -0.123. The zero-order valence-corrected chi connectivity index (χ0v) is 14.1. The van der Waals surface area contributed by atoms with Crippen molar-refractivity contribution in [3.05, 3.63) is 23.8 Å². The molecule has 9 heteroatoms. The number of amides is 1. The molecule has 1 amide bonds. The molecule has 1 aromatic rings. The number of nitrogens with zero attached hydrogens (tertiary/aromatic N) is 3. The van der Waals surface area contributed by atoms with Gasteiger partial charge in [-0.1, -0.05) is 0 Å². The zero-order valence-electron chi connectivity index (χ0n) is 13.2. The van der Waals surface area contributed by atoms with Crippen molar-refractivity contribution in [1.82, 2.24) is 24.9 Å². The average molecular weight is 339 g/mol. The molecule has 0 bridgehead atoms. The molecule has 0 unspecified atom stereocenters. The molecule has 1 aromatic heterocycles. The molecule has 2 saturated heterocycles. The van der Waals surface area contributed by atoms with E-state index >= 15 is 0 Å². The number of fused-ring (bicyclic) bond motifs is 1. The molecule has 8 nitrogen and oxygen atoms in total. The standard InChI is InChI=1S/C14H21N5O3S/c1-10-3-17-12(5-16-10)6-18-13(20)14-8-15-4-11(14)7-19(9-14)23(2,21)22/h3,5,11,15H,4,6-9H2,1-2H3,(H,18,20)/t11-,14-/m1/s1. The van der Waals surface area contributed by atoms with Crippen molar-refractivity contribution in [2.45, 2.75) is 13.5 Å². The number of hydrogen-bond donors (Lipinski definition) is 2. The fourth-order valence-electron chi connectivity index (χ4n) is 3.31. The maximum absolute atomic E-state index is 12.7. The molecule has 2 N–H and O–H groups in total. The summed E-state index contributed by atoms with van der Waals surface area (Å²) in [7, 11) is -3.28. The highest BCUT2D eigenvalue weighted by Crippen LogP contribution is 2.40. The van der Waals surface area contributed by atoms with Crippen LogP contribution in [-0.4, -0.2) is 61.0 Å². The maximum atomic E-state index is 12.7. The van der Waals surface area contributed by atoms with Crippen LogP contribution in [0.15, 0.2) is 12.4 Å². The Morgan fingerprint density at radius 3 is 2.91 bits per heavy atom. The fraction of sp³-hybridized carbons (Fsp3) is 0.643. The molecular formula is C14H21N5O3S. The van der Waals surface area contributed by atoms with E-state index in [1.807, 2.05) is 6.92 Å². The second-order valence-electron chi connectivity index (χ2n) is 6.37. The van der Waals surface area contributed by atoms with Crippen LogP contribution in [0.2, 0.25) is 0 Å². The lowest BCUT2D eigenvalue weighted by Crippen LogP contribution is -2.47. The van der Waals surface area contributed by atoms with Crippen LogP contribution in [0.25, 0.3) is 0 Å². The quantitative estimate of drug-likeness (QED) is 0.720. The topological polar surface area (TPSA) is 104 Å². The summed E-state index contributed by atoms with van der Waals surface area (Å²) in [6, 6.07) is 0. The molecule has 2 atom stereocenters. The van der Waals surface area contributed by atoms with Gasteiger partial charge in [0, 0.05) is 38.3 Å². The normalized spacial score (nSPS) is 27.8. The second-order valence-corrected chi connectivity index (χ2v) is 8.35. The summed E-state index contributed by atoms with van der Waals surface area (Å²) in [6.45, 7) is 3.91. The Balaban J connectivity index is 1.71. The average Bonchev–Trinajstić information content (AvgIpc) is 3.03. The molecule has 23 heavy (non-hydrogen) atoms. The van der Waals surface area contributed by atoms with Crippen LogP contribution in [0.1, 0.15) is 11.4 Å². The molecule has 0 saturated carbocycles. The van der Waals surface area contributed by atoms with Crippen molar-refractivity contribution in [2.24, 2.45) is 11.3 Å². The Kier molecular flexibility index (Phi) is 4.11. The van der Waals surface area contributed by atoms with Gasteiger partial charge >= 0.3 is 0 Å². The number of nitrogens with one attached hydrogen (secondary N) is 2. The molecule has 2 aliphatic rings. The molecule has 3 heterocycles. The highest BCUT2D eigenvalue weighted by atomic mass is 32.2. The summed E-state index contributed by atoms with van der Waals surface area (Å²) in [5.41, 5.74) is 0.806. The van der Waals surface area contributed by atoms with Crippen molar-refractivity contribution in [2.75, 3.05) is 32.4 Å². The molecule has 126 valence electrons. The van der Waals surface area contributed by atoms with E-state index in [-0.39, 0.29) is 18.4 Å². The van der Waals surface area contributed by atoms with Gasteiger partial charge in [-0.15, -0.1) is 0 Å². The van der Waals surface area contributed by atoms with Crippen molar-refractivity contribution < 1.29 is 13.2 Å². The molecule has 0 aliphatic carbocycles. The Hall–Kier alpha value is -1.58. The van der Waals surface area contributed by atoms with Gasteiger partial charge in [0.2, 0.25) is 15.9 Å². The second kappa shape index (κ2) is 5.81. The van der Waals surface area contributed by atoms with Gasteiger partial charge in [-0.2, -0.15) is 0 Å². The van der Waals surface area contributed by atoms with Gasteiger partial charge < -0.3 is 10.6 Å². The van der Waals surface area contributed by atoms with E-state index in [2.05, 4.69) is 20.6 Å². The van der Waals surface area contributed by atoms with E-state index in [4.69, 9.17) is 0 Å². The number of aromatic nitrogens is 2. The third-order valence-corrected chi connectivity index (χ3v) is 5.90. The Bertz CT molecular complexity index is 706. The van der Waals surface area contributed by atoms with Crippen LogP contribution in [0.3, 0.4) is 0 Å². The molecule has 0 aromatic carbocycles. The highest BCUT2D eigenvalue weighted by molar-refractivity contribution is 7.88. The molecular weight excluding hydrogens is 318 g/mol. The lowest BCUT2D eigenvalue weighted by Gasteiger charge is -2.26. The molecule has 3 rings (SSSR count). The SMILES string of the molecule is Cc1cnc(CNC(=O)[C@@]23CNC[C@@H]2CN(S(C)(=O)=O)C3)cn1. The van der Waals surface area contributed by atoms with Crippen LogP contribution in [0.4, 0.5) is 0 Å². The van der Waals surface area contributed by atoms with E-state index in [1.165, 1.54) is 10.6 Å². The summed E-state index contributed by atoms with van der Waals surface area (Å²) >= 11 is 0. The van der Waals surface area contributed by atoms with E-state index in [1.54, 1.807) is 12.4 Å². The van der Waals surface area contributed by atoms with E-state index in [0.717, 1.165) is 5.69 Å². The number of carbonyl (C=O) groups is 1. The van der Waals surface area contributed by atoms with Gasteiger partial charge in [-0.05, 0) is 6.92 Å². The first-order valence-electron chi connectivity index (χ1n) is 7.53. The number of carbonyl (C=O) groups excluding carboxylic acids is 1. The first-order chi connectivity index (χ1) is 10.8. The minimum atomic E-state index is -3.28. The molecule has 0 spiro atoms. The number of sulfonamides is 1. The maximum Gasteiger partial charge on any atom is 0.229 e. The Morgan fingerprint density at radius 1 is 1.48 bits per heavy atom. The van der Waals surface area contributed by atoms with Gasteiger partial charge in [0.1, 0.15) is 0 Å². The number of aryl methyl sites for hydroxylation is 1. The largest absolute Gasteiger partial charge is 0.350 e. The minimum Gasteiger partial charge on any atom is -0.350 e. The van der Waals surface area contributed by atoms with Crippen molar-refractivity contribution >= 4 is 15.9 Å². The van der Waals surface area contributed by atoms with Crippen molar-refractivity contribution in [1.29, 1.82) is 0 Å². The number of hydrogen-bond acceptors (Lipinski definition) is 6. The lowest BCUT2D eigenvalue weighted by atomic mass is 9.80. The van der Waals surface area contributed by atoms with Crippen molar-refractivity contribution in [3.8, 4) is 0 Å². The Labute approximate surface area is 135 Å². The van der Waals surface area contributed by atoms with Crippen LogP contribution in [0.5, 0.6) is 0 Å². The first kappa shape index (κ1) is 16.3. The van der Waals surface area contributed by atoms with Gasteiger partial charge in [0.05, 0.1) is 35.8 Å². The monoisotopic (exact) mass is 339 g/mol. The van der Waals surface area contributed by atoms with Gasteiger partial charge in [0.15, 0.2) is 0 Å². The molecule has 2 aliphatic heterocycles. The predicted molar refractivity (Wildman–Crippen MR) is 83.8 cm³/mol. The van der Waals surface area contributed by atoms with E-state index in [0.29, 0.717) is 31.9 Å². The first-order valence-corrected chi connectivity index (χ1v) is 9.38. The van der Waals surface area contributed by atoms with Gasteiger partial charge in [0.25, 0.3) is 0 Å². The smallest absolute Gasteiger partial charge is 0.229 e. The molecule has 2 fully saturated rings. The lowest BCUT2D eigenvalue weighted by molar-refractivity contribution is -0.130. The summed E-state index contributed by atoms with van der Waals surface area (Å²) in [4.78, 5) is 21.1. The third kappa shape index (κ3) is 3.08. The van der Waals surface area contributed by atoms with Crippen LogP contribution >= 0.6 is 0 Å². The van der Waals surface area contributed by atoms with Crippen LogP contribution in [-0.2, 0) is 21.4 Å². The summed E-state index contributed by atoms with van der Waals surface area (Å²) in [5, 5.41) is 6.10. The van der Waals surface area contributed by atoms with Crippen molar-refractivity contribution in [3.63, 3.8) is 0 Å². The summed E-state index contributed by atoms with van der Waals surface area (Å²) < 4.78 is 25.0. The predicted octanol–water partition coefficient (Wildman–Crippen LogP) is -1.12. The number of rotatable bonds is 4. The van der Waals surface area contributed by atoms with Crippen LogP contribution < -0.4 is 10.6 Å². The van der Waals surface area contributed by atoms with Crippen LogP contribution in [0, 0.1) is 18.3 Å². The third-order valence-electron chi connectivity index (χ3n) is 4.68.